The van der Waals surface area contributed by atoms with E-state index in [4.69, 9.17) is 19.2 Å². The molecule has 8 nitrogen and oxygen atoms in total. The largest absolute Gasteiger partial charge is 0.465 e. The van der Waals surface area contributed by atoms with E-state index in [1.165, 1.54) is 13.3 Å². The van der Waals surface area contributed by atoms with Gasteiger partial charge in [0, 0.05) is 44.7 Å². The Balaban J connectivity index is 1.52. The van der Waals surface area contributed by atoms with Gasteiger partial charge >= 0.3 is 17.9 Å². The average molecular weight is 567 g/mol. The summed E-state index contributed by atoms with van der Waals surface area (Å²) in [7, 11) is 1.27. The van der Waals surface area contributed by atoms with Gasteiger partial charge in [0.25, 0.3) is 0 Å². The number of esters is 3. The second kappa shape index (κ2) is 10.2. The van der Waals surface area contributed by atoms with Gasteiger partial charge < -0.3 is 14.2 Å². The first-order valence-electron chi connectivity index (χ1n) is 13.5. The van der Waals surface area contributed by atoms with E-state index < -0.39 is 17.9 Å². The normalized spacial score (nSPS) is 11.3. The fourth-order valence-electron chi connectivity index (χ4n) is 5.64. The van der Waals surface area contributed by atoms with Gasteiger partial charge in [0.15, 0.2) is 0 Å². The van der Waals surface area contributed by atoms with Crippen molar-refractivity contribution in [2.75, 3.05) is 7.11 Å². The van der Waals surface area contributed by atoms with Crippen molar-refractivity contribution in [3.05, 3.63) is 120 Å². The van der Waals surface area contributed by atoms with Gasteiger partial charge in [0.1, 0.15) is 11.5 Å². The Morgan fingerprint density at radius 1 is 0.535 bits per heavy atom. The average Bonchev–Trinajstić information content (AvgIpc) is 3.04. The molecule has 208 valence electrons. The van der Waals surface area contributed by atoms with E-state index in [1.54, 1.807) is 79.0 Å². The molecule has 0 N–H and O–H groups in total. The van der Waals surface area contributed by atoms with Gasteiger partial charge in [-0.2, -0.15) is 0 Å². The van der Waals surface area contributed by atoms with Crippen LogP contribution in [-0.4, -0.2) is 35.0 Å². The first kappa shape index (κ1) is 26.0. The van der Waals surface area contributed by atoms with Crippen LogP contribution >= 0.6 is 0 Å². The number of nitrogens with zero attached hydrogens (tertiary/aromatic N) is 2. The van der Waals surface area contributed by atoms with Crippen LogP contribution in [0.4, 0.5) is 0 Å². The van der Waals surface area contributed by atoms with Crippen molar-refractivity contribution >= 4 is 61.3 Å². The number of fused-ring (bicyclic) bond motifs is 2. The lowest BCUT2D eigenvalue weighted by Gasteiger charge is -2.18. The number of carbonyl (C=O) groups excluding carboxylic acids is 3. The molecule has 0 aliphatic carbocycles. The van der Waals surface area contributed by atoms with Crippen LogP contribution in [0.5, 0.6) is 11.5 Å². The molecule has 0 saturated carbocycles. The molecule has 2 aromatic heterocycles. The Bertz CT molecular complexity index is 2210. The molecular weight excluding hydrogens is 544 g/mol. The summed E-state index contributed by atoms with van der Waals surface area (Å²) < 4.78 is 16.4. The lowest BCUT2D eigenvalue weighted by molar-refractivity contribution is 0.0602. The van der Waals surface area contributed by atoms with Gasteiger partial charge in [0.05, 0.1) is 34.8 Å². The van der Waals surface area contributed by atoms with E-state index in [1.807, 2.05) is 19.1 Å². The number of aromatic nitrogens is 2. The van der Waals surface area contributed by atoms with Crippen molar-refractivity contribution in [2.45, 2.75) is 6.92 Å². The highest BCUT2D eigenvalue weighted by molar-refractivity contribution is 6.35. The van der Waals surface area contributed by atoms with Crippen LogP contribution in [0.2, 0.25) is 0 Å². The molecular formula is C35H22N2O6. The summed E-state index contributed by atoms with van der Waals surface area (Å²) in [6.07, 6.45) is 3.11. The second-order valence-corrected chi connectivity index (χ2v) is 10.0. The van der Waals surface area contributed by atoms with E-state index in [2.05, 4.69) is 4.98 Å². The van der Waals surface area contributed by atoms with Crippen molar-refractivity contribution in [3.63, 3.8) is 0 Å². The fraction of sp³-hybridized carbons (Fsp3) is 0.0571. The smallest absolute Gasteiger partial charge is 0.344 e. The molecule has 43 heavy (non-hydrogen) atoms. The molecule has 0 bridgehead atoms. The Morgan fingerprint density at radius 3 is 1.56 bits per heavy atom. The summed E-state index contributed by atoms with van der Waals surface area (Å²) in [6.45, 7) is 1.89. The molecule has 0 spiro atoms. The highest BCUT2D eigenvalue weighted by Crippen LogP contribution is 2.42. The van der Waals surface area contributed by atoms with E-state index in [9.17, 15) is 14.4 Å². The summed E-state index contributed by atoms with van der Waals surface area (Å²) >= 11 is 0. The highest BCUT2D eigenvalue weighted by atomic mass is 16.5. The van der Waals surface area contributed by atoms with E-state index in [0.717, 1.165) is 10.9 Å². The number of hydrogen-bond donors (Lipinski definition) is 0. The van der Waals surface area contributed by atoms with Gasteiger partial charge in [-0.05, 0) is 48.9 Å². The highest BCUT2D eigenvalue weighted by Gasteiger charge is 2.27. The van der Waals surface area contributed by atoms with E-state index in [-0.39, 0.29) is 11.1 Å². The summed E-state index contributed by atoms with van der Waals surface area (Å²) in [4.78, 5) is 49.3. The van der Waals surface area contributed by atoms with Crippen LogP contribution in [0.1, 0.15) is 36.6 Å². The fourth-order valence-corrected chi connectivity index (χ4v) is 5.64. The van der Waals surface area contributed by atoms with Crippen LogP contribution in [0.3, 0.4) is 0 Å². The first-order valence-corrected chi connectivity index (χ1v) is 13.5. The number of ether oxygens (including phenoxy) is 3. The molecule has 0 radical (unpaired) electrons. The molecule has 2 heterocycles. The first-order chi connectivity index (χ1) is 21.0. The molecule has 8 heteroatoms. The Morgan fingerprint density at radius 2 is 1.02 bits per heavy atom. The third-order valence-electron chi connectivity index (χ3n) is 7.52. The second-order valence-electron chi connectivity index (χ2n) is 10.0. The third-order valence-corrected chi connectivity index (χ3v) is 7.52. The maximum atomic E-state index is 13.5. The van der Waals surface area contributed by atoms with Crippen molar-refractivity contribution in [1.29, 1.82) is 0 Å². The Labute approximate surface area is 244 Å². The van der Waals surface area contributed by atoms with Crippen LogP contribution in [0.15, 0.2) is 97.3 Å². The zero-order valence-corrected chi connectivity index (χ0v) is 23.1. The zero-order valence-electron chi connectivity index (χ0n) is 23.1. The minimum atomic E-state index is -0.642. The molecule has 0 aliphatic rings. The number of pyridine rings is 2. The summed E-state index contributed by atoms with van der Waals surface area (Å²) in [5, 5.41) is 3.70. The topological polar surface area (TPSA) is 105 Å². The Kier molecular flexibility index (Phi) is 6.17. The summed E-state index contributed by atoms with van der Waals surface area (Å²) in [6, 6.07) is 24.5. The van der Waals surface area contributed by atoms with Crippen molar-refractivity contribution in [2.24, 2.45) is 0 Å². The minimum absolute atomic E-state index is 0.123. The predicted molar refractivity (Wildman–Crippen MR) is 162 cm³/mol. The number of hydrogen-bond acceptors (Lipinski definition) is 8. The number of aryl methyl sites for hydroxylation is 1. The van der Waals surface area contributed by atoms with E-state index >= 15 is 0 Å². The minimum Gasteiger partial charge on any atom is -0.465 e. The standard InChI is InChI=1S/C35H22N2O6/c1-19-17-36-31-23-14-16-25(35(40)43-21-11-7-4-8-12-21)28-26(33(38)41-2)18-37-32(30(23)28)22-13-15-24(27(19)29(22)31)34(39)42-20-9-5-3-6-10-20/h3-18H,1-2H3. The summed E-state index contributed by atoms with van der Waals surface area (Å²) in [5.41, 5.74) is 2.61. The van der Waals surface area contributed by atoms with Crippen LogP contribution < -0.4 is 9.47 Å². The van der Waals surface area contributed by atoms with Crippen LogP contribution in [0, 0.1) is 6.92 Å². The van der Waals surface area contributed by atoms with Crippen LogP contribution in [-0.2, 0) is 4.74 Å². The lowest BCUT2D eigenvalue weighted by Crippen LogP contribution is -2.13. The molecule has 0 fully saturated rings. The number of methoxy groups -OCH3 is 1. The number of para-hydroxylation sites is 2. The van der Waals surface area contributed by atoms with E-state index in [0.29, 0.717) is 55.0 Å². The van der Waals surface area contributed by atoms with Crippen molar-refractivity contribution in [1.82, 2.24) is 9.97 Å². The Hall–Kier alpha value is -5.89. The molecule has 7 aromatic rings. The van der Waals surface area contributed by atoms with Crippen molar-refractivity contribution in [3.8, 4) is 11.5 Å². The monoisotopic (exact) mass is 566 g/mol. The number of benzene rings is 5. The van der Waals surface area contributed by atoms with Gasteiger partial charge in [-0.3, -0.25) is 9.97 Å². The van der Waals surface area contributed by atoms with Gasteiger partial charge in [-0.15, -0.1) is 0 Å². The van der Waals surface area contributed by atoms with Gasteiger partial charge in [-0.1, -0.05) is 48.5 Å². The maximum absolute atomic E-state index is 13.5. The zero-order chi connectivity index (χ0) is 29.7. The number of carbonyl (C=O) groups is 3. The molecule has 0 unspecified atom stereocenters. The van der Waals surface area contributed by atoms with Crippen LogP contribution in [0.25, 0.3) is 43.4 Å². The quantitative estimate of drug-likeness (QED) is 0.0944. The van der Waals surface area contributed by atoms with Crippen molar-refractivity contribution < 1.29 is 28.6 Å². The maximum Gasteiger partial charge on any atom is 0.344 e. The predicted octanol–water partition coefficient (Wildman–Crippen LogP) is 7.06. The third kappa shape index (κ3) is 4.19. The lowest BCUT2D eigenvalue weighted by atomic mass is 9.89. The summed E-state index contributed by atoms with van der Waals surface area (Å²) in [5.74, 6) is -0.968. The molecule has 0 saturated heterocycles. The van der Waals surface area contributed by atoms with Gasteiger partial charge in [0.2, 0.25) is 0 Å². The molecule has 0 atom stereocenters. The number of rotatable bonds is 5. The molecule has 5 aromatic carbocycles. The molecule has 0 amide bonds. The molecule has 7 rings (SSSR count). The molecule has 0 aliphatic heterocycles. The SMILES string of the molecule is COC(=O)c1cnc2c3ccc(C(=O)Oc4ccccc4)c4c(C)cnc(c5ccc(C(=O)Oc6ccccc6)c1c52)c43. The van der Waals surface area contributed by atoms with Gasteiger partial charge in [-0.25, -0.2) is 14.4 Å².